The minimum absolute atomic E-state index is 0.286. The molecule has 1 saturated carbocycles. The highest BCUT2D eigenvalue weighted by molar-refractivity contribution is 9.10. The maximum absolute atomic E-state index is 11.2. The van der Waals surface area contributed by atoms with Crippen LogP contribution in [-0.4, -0.2) is 20.9 Å². The van der Waals surface area contributed by atoms with Crippen LogP contribution >= 0.6 is 15.9 Å². The maximum Gasteiger partial charge on any atom is 0.312 e. The van der Waals surface area contributed by atoms with Crippen LogP contribution in [0.1, 0.15) is 30.1 Å². The smallest absolute Gasteiger partial charge is 0.312 e. The summed E-state index contributed by atoms with van der Waals surface area (Å²) < 4.78 is 2.51. The lowest BCUT2D eigenvalue weighted by Crippen LogP contribution is -2.17. The first-order chi connectivity index (χ1) is 7.02. The SMILES string of the molecule is Cc1nn(C)c(C(C(=O)O)C2CC2)c1Br. The first-order valence-corrected chi connectivity index (χ1v) is 5.73. The van der Waals surface area contributed by atoms with Crippen LogP contribution in [0.5, 0.6) is 0 Å². The molecule has 0 aliphatic heterocycles. The Morgan fingerprint density at radius 1 is 1.67 bits per heavy atom. The van der Waals surface area contributed by atoms with Crippen molar-refractivity contribution in [1.82, 2.24) is 9.78 Å². The van der Waals surface area contributed by atoms with Crippen LogP contribution in [0.4, 0.5) is 0 Å². The Hall–Kier alpha value is -0.840. The van der Waals surface area contributed by atoms with Crippen LogP contribution in [0, 0.1) is 12.8 Å². The van der Waals surface area contributed by atoms with E-state index in [9.17, 15) is 9.90 Å². The number of rotatable bonds is 3. The number of carboxylic acid groups (broad SMARTS) is 1. The molecule has 0 aromatic carbocycles. The van der Waals surface area contributed by atoms with Crippen molar-refractivity contribution in [2.24, 2.45) is 13.0 Å². The molecule has 82 valence electrons. The molecule has 2 rings (SSSR count). The quantitative estimate of drug-likeness (QED) is 0.917. The van der Waals surface area contributed by atoms with E-state index < -0.39 is 11.9 Å². The number of carbonyl (C=O) groups is 1. The van der Waals surface area contributed by atoms with Crippen molar-refractivity contribution in [3.8, 4) is 0 Å². The summed E-state index contributed by atoms with van der Waals surface area (Å²) in [5.74, 6) is -0.875. The summed E-state index contributed by atoms with van der Waals surface area (Å²) >= 11 is 3.42. The Bertz CT molecular complexity index is 410. The minimum Gasteiger partial charge on any atom is -0.481 e. The molecule has 1 aliphatic carbocycles. The third-order valence-electron chi connectivity index (χ3n) is 2.85. The van der Waals surface area contributed by atoms with Gasteiger partial charge in [-0.2, -0.15) is 5.10 Å². The second-order valence-electron chi connectivity index (χ2n) is 4.06. The maximum atomic E-state index is 11.2. The lowest BCUT2D eigenvalue weighted by Gasteiger charge is -2.12. The molecular formula is C10H13BrN2O2. The van der Waals surface area contributed by atoms with E-state index in [0.717, 1.165) is 28.7 Å². The highest BCUT2D eigenvalue weighted by atomic mass is 79.9. The Morgan fingerprint density at radius 2 is 2.27 bits per heavy atom. The average Bonchev–Trinajstić information content (AvgIpc) is 2.91. The summed E-state index contributed by atoms with van der Waals surface area (Å²) in [6, 6.07) is 0. The molecule has 1 fully saturated rings. The Balaban J connectivity index is 2.45. The third-order valence-corrected chi connectivity index (χ3v) is 3.83. The first kappa shape index (κ1) is 10.7. The zero-order valence-electron chi connectivity index (χ0n) is 8.70. The van der Waals surface area contributed by atoms with Crippen LogP contribution in [0.15, 0.2) is 4.47 Å². The summed E-state index contributed by atoms with van der Waals surface area (Å²) in [5, 5.41) is 13.5. The molecule has 1 heterocycles. The lowest BCUT2D eigenvalue weighted by molar-refractivity contribution is -0.139. The predicted octanol–water partition coefficient (Wildman–Crippen LogP) is 2.07. The summed E-state index contributed by atoms with van der Waals surface area (Å²) in [6.45, 7) is 1.87. The van der Waals surface area contributed by atoms with E-state index in [4.69, 9.17) is 0 Å². The fourth-order valence-electron chi connectivity index (χ4n) is 1.96. The van der Waals surface area contributed by atoms with E-state index in [-0.39, 0.29) is 5.92 Å². The molecule has 1 N–H and O–H groups in total. The molecule has 1 aliphatic rings. The number of aryl methyl sites for hydroxylation is 2. The van der Waals surface area contributed by atoms with Gasteiger partial charge in [0.2, 0.25) is 0 Å². The Morgan fingerprint density at radius 3 is 2.60 bits per heavy atom. The van der Waals surface area contributed by atoms with Crippen molar-refractivity contribution in [2.45, 2.75) is 25.7 Å². The lowest BCUT2D eigenvalue weighted by atomic mass is 9.99. The van der Waals surface area contributed by atoms with E-state index in [2.05, 4.69) is 21.0 Å². The van der Waals surface area contributed by atoms with Crippen molar-refractivity contribution in [2.75, 3.05) is 0 Å². The number of aliphatic carboxylic acids is 1. The monoisotopic (exact) mass is 272 g/mol. The standard InChI is InChI=1S/C10H13BrN2O2/c1-5-8(11)9(13(2)12-5)7(10(14)15)6-3-4-6/h6-7H,3-4H2,1-2H3,(H,14,15). The predicted molar refractivity (Wildman–Crippen MR) is 58.7 cm³/mol. The van der Waals surface area contributed by atoms with Crippen molar-refractivity contribution in [1.29, 1.82) is 0 Å². The van der Waals surface area contributed by atoms with E-state index in [1.807, 2.05) is 6.92 Å². The van der Waals surface area contributed by atoms with Gasteiger partial charge in [-0.1, -0.05) is 0 Å². The molecule has 5 heteroatoms. The normalized spacial score (nSPS) is 17.8. The molecule has 4 nitrogen and oxygen atoms in total. The number of nitrogens with zero attached hydrogens (tertiary/aromatic N) is 2. The number of hydrogen-bond donors (Lipinski definition) is 1. The molecule has 0 saturated heterocycles. The fraction of sp³-hybridized carbons (Fsp3) is 0.600. The number of carboxylic acids is 1. The van der Waals surface area contributed by atoms with E-state index in [1.54, 1.807) is 11.7 Å². The van der Waals surface area contributed by atoms with Crippen molar-refractivity contribution >= 4 is 21.9 Å². The zero-order chi connectivity index (χ0) is 11.2. The average molecular weight is 273 g/mol. The highest BCUT2D eigenvalue weighted by Crippen LogP contribution is 2.44. The fourth-order valence-corrected chi connectivity index (χ4v) is 2.54. The zero-order valence-corrected chi connectivity index (χ0v) is 10.3. The topological polar surface area (TPSA) is 55.1 Å². The van der Waals surface area contributed by atoms with Gasteiger partial charge in [-0.25, -0.2) is 0 Å². The van der Waals surface area contributed by atoms with Crippen molar-refractivity contribution < 1.29 is 9.90 Å². The van der Waals surface area contributed by atoms with Gasteiger partial charge in [0.05, 0.1) is 15.9 Å². The highest BCUT2D eigenvalue weighted by Gasteiger charge is 2.40. The first-order valence-electron chi connectivity index (χ1n) is 4.94. The van der Waals surface area contributed by atoms with Crippen LogP contribution in [0.2, 0.25) is 0 Å². The molecule has 1 atom stereocenters. The summed E-state index contributed by atoms with van der Waals surface area (Å²) in [7, 11) is 1.80. The molecule has 15 heavy (non-hydrogen) atoms. The number of hydrogen-bond acceptors (Lipinski definition) is 2. The van der Waals surface area contributed by atoms with Gasteiger partial charge in [-0.3, -0.25) is 9.48 Å². The summed E-state index contributed by atoms with van der Waals surface area (Å²) in [5.41, 5.74) is 1.64. The molecule has 1 aromatic rings. The molecule has 1 unspecified atom stereocenters. The van der Waals surface area contributed by atoms with Gasteiger partial charge in [-0.05, 0) is 41.6 Å². The molecular weight excluding hydrogens is 260 g/mol. The molecule has 0 spiro atoms. The minimum atomic E-state index is -0.749. The number of aromatic nitrogens is 2. The van der Waals surface area contributed by atoms with Crippen LogP contribution in [0.3, 0.4) is 0 Å². The Labute approximate surface area is 96.4 Å². The second kappa shape index (κ2) is 3.63. The van der Waals surface area contributed by atoms with Gasteiger partial charge in [0.15, 0.2) is 0 Å². The van der Waals surface area contributed by atoms with Crippen molar-refractivity contribution in [3.05, 3.63) is 15.9 Å². The van der Waals surface area contributed by atoms with Gasteiger partial charge in [0.1, 0.15) is 5.92 Å². The van der Waals surface area contributed by atoms with E-state index in [1.165, 1.54) is 0 Å². The molecule has 0 amide bonds. The van der Waals surface area contributed by atoms with Crippen LogP contribution < -0.4 is 0 Å². The van der Waals surface area contributed by atoms with Crippen molar-refractivity contribution in [3.63, 3.8) is 0 Å². The molecule has 0 radical (unpaired) electrons. The van der Waals surface area contributed by atoms with Gasteiger partial charge in [-0.15, -0.1) is 0 Å². The van der Waals surface area contributed by atoms with Crippen LogP contribution in [-0.2, 0) is 11.8 Å². The van der Waals surface area contributed by atoms with E-state index >= 15 is 0 Å². The van der Waals surface area contributed by atoms with Crippen LogP contribution in [0.25, 0.3) is 0 Å². The van der Waals surface area contributed by atoms with Gasteiger partial charge in [0.25, 0.3) is 0 Å². The van der Waals surface area contributed by atoms with Gasteiger partial charge < -0.3 is 5.11 Å². The summed E-state index contributed by atoms with van der Waals surface area (Å²) in [4.78, 5) is 11.2. The second-order valence-corrected chi connectivity index (χ2v) is 4.85. The third kappa shape index (κ3) is 1.80. The molecule has 1 aromatic heterocycles. The summed E-state index contributed by atoms with van der Waals surface area (Å²) in [6.07, 6.45) is 2.02. The number of halogens is 1. The van der Waals surface area contributed by atoms with E-state index in [0.29, 0.717) is 0 Å². The van der Waals surface area contributed by atoms with Gasteiger partial charge >= 0.3 is 5.97 Å². The largest absolute Gasteiger partial charge is 0.481 e. The van der Waals surface area contributed by atoms with Gasteiger partial charge in [0, 0.05) is 7.05 Å². The Kier molecular flexibility index (Phi) is 2.58. The molecule has 0 bridgehead atoms.